The summed E-state index contributed by atoms with van der Waals surface area (Å²) < 4.78 is 29.2. The van der Waals surface area contributed by atoms with Crippen LogP contribution >= 0.6 is 7.60 Å². The maximum Gasteiger partial charge on any atom is 0.331 e. The SMILES string of the molecule is CCOP(=O)(C[C@@H](Cc1ccccc1)C(=O)NC[C@@H](C)C(=O)OCc1ccccc1)OCC. The molecule has 0 saturated carbocycles. The number of hydrogen-bond acceptors (Lipinski definition) is 6. The van der Waals surface area contributed by atoms with Crippen molar-refractivity contribution in [3.8, 4) is 0 Å². The molecule has 0 aliphatic heterocycles. The smallest absolute Gasteiger partial charge is 0.331 e. The second-order valence-corrected chi connectivity index (χ2v) is 9.86. The average Bonchev–Trinajstić information content (AvgIpc) is 2.82. The third-order valence-electron chi connectivity index (χ3n) is 5.00. The molecule has 180 valence electrons. The summed E-state index contributed by atoms with van der Waals surface area (Å²) in [5, 5.41) is 2.82. The van der Waals surface area contributed by atoms with E-state index in [9.17, 15) is 14.2 Å². The maximum atomic E-state index is 13.1. The number of nitrogens with one attached hydrogen (secondary N) is 1. The summed E-state index contributed by atoms with van der Waals surface area (Å²) in [6.07, 6.45) is 0.339. The Balaban J connectivity index is 1.99. The third kappa shape index (κ3) is 9.50. The van der Waals surface area contributed by atoms with Crippen LogP contribution in [0.15, 0.2) is 60.7 Å². The lowest BCUT2D eigenvalue weighted by molar-refractivity contribution is -0.149. The highest BCUT2D eigenvalue weighted by Gasteiger charge is 2.33. The molecule has 0 bridgehead atoms. The predicted octanol–water partition coefficient (Wildman–Crippen LogP) is 4.61. The molecule has 2 rings (SSSR count). The van der Waals surface area contributed by atoms with Gasteiger partial charge in [0.2, 0.25) is 5.91 Å². The second kappa shape index (κ2) is 13.9. The van der Waals surface area contributed by atoms with Gasteiger partial charge in [-0.15, -0.1) is 0 Å². The van der Waals surface area contributed by atoms with Crippen LogP contribution in [0.25, 0.3) is 0 Å². The molecule has 33 heavy (non-hydrogen) atoms. The van der Waals surface area contributed by atoms with E-state index in [4.69, 9.17) is 13.8 Å². The average molecular weight is 476 g/mol. The molecule has 1 N–H and O–H groups in total. The summed E-state index contributed by atoms with van der Waals surface area (Å²) in [5.74, 6) is -1.86. The van der Waals surface area contributed by atoms with Gasteiger partial charge in [-0.3, -0.25) is 14.2 Å². The molecule has 0 saturated heterocycles. The van der Waals surface area contributed by atoms with Crippen molar-refractivity contribution in [2.45, 2.75) is 33.8 Å². The van der Waals surface area contributed by atoms with Crippen molar-refractivity contribution < 1.29 is 27.9 Å². The summed E-state index contributed by atoms with van der Waals surface area (Å²) in [4.78, 5) is 25.4. The van der Waals surface area contributed by atoms with Crippen molar-refractivity contribution in [3.63, 3.8) is 0 Å². The highest BCUT2D eigenvalue weighted by molar-refractivity contribution is 7.53. The number of amides is 1. The number of carbonyl (C=O) groups is 2. The van der Waals surface area contributed by atoms with Crippen LogP contribution in [0.5, 0.6) is 0 Å². The van der Waals surface area contributed by atoms with E-state index in [-0.39, 0.29) is 38.4 Å². The Bertz CT molecular complexity index is 896. The van der Waals surface area contributed by atoms with Crippen LogP contribution in [0.2, 0.25) is 0 Å². The zero-order valence-corrected chi connectivity index (χ0v) is 20.5. The molecule has 0 aromatic heterocycles. The van der Waals surface area contributed by atoms with Gasteiger partial charge in [-0.2, -0.15) is 0 Å². The minimum absolute atomic E-state index is 0.0394. The molecule has 1 amide bonds. The molecular weight excluding hydrogens is 441 g/mol. The van der Waals surface area contributed by atoms with Crippen LogP contribution in [0.1, 0.15) is 31.9 Å². The van der Waals surface area contributed by atoms with Crippen LogP contribution in [0, 0.1) is 11.8 Å². The van der Waals surface area contributed by atoms with Gasteiger partial charge in [-0.05, 0) is 31.4 Å². The molecule has 0 unspecified atom stereocenters. The van der Waals surface area contributed by atoms with Crippen LogP contribution < -0.4 is 5.32 Å². The molecule has 2 atom stereocenters. The van der Waals surface area contributed by atoms with Gasteiger partial charge in [0, 0.05) is 6.54 Å². The molecule has 0 spiro atoms. The van der Waals surface area contributed by atoms with E-state index in [1.165, 1.54) is 0 Å². The Morgan fingerprint density at radius 2 is 1.45 bits per heavy atom. The summed E-state index contributed by atoms with van der Waals surface area (Å²) >= 11 is 0. The highest BCUT2D eigenvalue weighted by atomic mass is 31.2. The molecule has 0 radical (unpaired) electrons. The number of ether oxygens (including phenoxy) is 1. The van der Waals surface area contributed by atoms with E-state index in [1.807, 2.05) is 60.7 Å². The van der Waals surface area contributed by atoms with Gasteiger partial charge < -0.3 is 19.1 Å². The van der Waals surface area contributed by atoms with Gasteiger partial charge in [0.25, 0.3) is 0 Å². The molecule has 8 heteroatoms. The van der Waals surface area contributed by atoms with Crippen LogP contribution in [0.3, 0.4) is 0 Å². The van der Waals surface area contributed by atoms with Crippen molar-refractivity contribution in [2.24, 2.45) is 11.8 Å². The largest absolute Gasteiger partial charge is 0.461 e. The normalized spacial score (nSPS) is 13.2. The summed E-state index contributed by atoms with van der Waals surface area (Å²) in [5.41, 5.74) is 1.83. The minimum atomic E-state index is -3.43. The molecule has 2 aromatic carbocycles. The Morgan fingerprint density at radius 3 is 2.00 bits per heavy atom. The van der Waals surface area contributed by atoms with Gasteiger partial charge in [0.15, 0.2) is 0 Å². The molecule has 0 heterocycles. The predicted molar refractivity (Wildman–Crippen MR) is 128 cm³/mol. The lowest BCUT2D eigenvalue weighted by Crippen LogP contribution is -2.38. The van der Waals surface area contributed by atoms with Gasteiger partial charge in [0.05, 0.1) is 31.2 Å². The first-order chi connectivity index (χ1) is 15.9. The van der Waals surface area contributed by atoms with Crippen LogP contribution in [-0.4, -0.2) is 37.8 Å². The zero-order valence-electron chi connectivity index (χ0n) is 19.6. The van der Waals surface area contributed by atoms with Crippen molar-refractivity contribution >= 4 is 19.5 Å². The van der Waals surface area contributed by atoms with Gasteiger partial charge >= 0.3 is 13.6 Å². The highest BCUT2D eigenvalue weighted by Crippen LogP contribution is 2.50. The van der Waals surface area contributed by atoms with Gasteiger partial charge in [-0.1, -0.05) is 67.6 Å². The molecule has 0 aliphatic carbocycles. The van der Waals surface area contributed by atoms with Crippen molar-refractivity contribution in [1.82, 2.24) is 5.32 Å². The Kier molecular flexibility index (Phi) is 11.3. The summed E-state index contributed by atoms with van der Waals surface area (Å²) in [6, 6.07) is 18.9. The lowest BCUT2D eigenvalue weighted by Gasteiger charge is -2.23. The fourth-order valence-corrected chi connectivity index (χ4v) is 5.20. The summed E-state index contributed by atoms with van der Waals surface area (Å²) in [7, 11) is -3.43. The van der Waals surface area contributed by atoms with E-state index in [2.05, 4.69) is 5.32 Å². The fourth-order valence-electron chi connectivity index (χ4n) is 3.30. The van der Waals surface area contributed by atoms with Gasteiger partial charge in [0.1, 0.15) is 6.61 Å². The number of hydrogen-bond donors (Lipinski definition) is 1. The quantitative estimate of drug-likeness (QED) is 0.317. The van der Waals surface area contributed by atoms with Gasteiger partial charge in [-0.25, -0.2) is 0 Å². The number of carbonyl (C=O) groups excluding carboxylic acids is 2. The molecular formula is C25H34NO6P. The van der Waals surface area contributed by atoms with E-state index in [0.29, 0.717) is 6.42 Å². The fraction of sp³-hybridized carbons (Fsp3) is 0.440. The maximum absolute atomic E-state index is 13.1. The topological polar surface area (TPSA) is 90.9 Å². The first-order valence-electron chi connectivity index (χ1n) is 11.3. The first kappa shape index (κ1) is 26.8. The first-order valence-corrected chi connectivity index (χ1v) is 13.0. The number of esters is 1. The van der Waals surface area contributed by atoms with Crippen LogP contribution in [0.4, 0.5) is 0 Å². The van der Waals surface area contributed by atoms with E-state index < -0.39 is 25.4 Å². The zero-order chi connectivity index (χ0) is 24.1. The Labute approximate surface area is 196 Å². The molecule has 2 aromatic rings. The molecule has 7 nitrogen and oxygen atoms in total. The monoisotopic (exact) mass is 475 g/mol. The molecule has 0 aliphatic rings. The number of rotatable bonds is 14. The number of benzene rings is 2. The molecule has 0 fully saturated rings. The van der Waals surface area contributed by atoms with Crippen LogP contribution in [-0.2, 0) is 41.0 Å². The Hall–Kier alpha value is -2.47. The minimum Gasteiger partial charge on any atom is -0.461 e. The van der Waals surface area contributed by atoms with E-state index in [1.54, 1.807) is 20.8 Å². The standard InChI is InChI=1S/C25H34NO6P/c1-4-31-33(29,32-5-2)19-23(16-21-12-8-6-9-13-21)24(27)26-17-20(3)25(28)30-18-22-14-10-7-11-15-22/h6-15,20,23H,4-5,16-19H2,1-3H3,(H,26,27)/t20-,23-/m1/s1. The Morgan fingerprint density at radius 1 is 0.909 bits per heavy atom. The lowest BCUT2D eigenvalue weighted by atomic mass is 10.00. The van der Waals surface area contributed by atoms with Crippen molar-refractivity contribution in [2.75, 3.05) is 25.9 Å². The van der Waals surface area contributed by atoms with E-state index >= 15 is 0 Å². The van der Waals surface area contributed by atoms with Crippen molar-refractivity contribution in [1.29, 1.82) is 0 Å². The second-order valence-electron chi connectivity index (χ2n) is 7.76. The summed E-state index contributed by atoms with van der Waals surface area (Å²) in [6.45, 7) is 5.92. The van der Waals surface area contributed by atoms with E-state index in [0.717, 1.165) is 11.1 Å². The van der Waals surface area contributed by atoms with Crippen molar-refractivity contribution in [3.05, 3.63) is 71.8 Å². The third-order valence-corrected chi connectivity index (χ3v) is 7.19.